The minimum absolute atomic E-state index is 0.658. The van der Waals surface area contributed by atoms with Gasteiger partial charge in [-0.1, -0.05) is 164 Å². The molecule has 0 spiro atoms. The van der Waals surface area contributed by atoms with E-state index < -0.39 is 0 Å². The van der Waals surface area contributed by atoms with Crippen molar-refractivity contribution in [1.29, 1.82) is 0 Å². The summed E-state index contributed by atoms with van der Waals surface area (Å²) in [6.07, 6.45) is 0. The Labute approximate surface area is 362 Å². The molecule has 62 heavy (non-hydrogen) atoms. The minimum Gasteiger partial charge on any atom is -0.452 e. The van der Waals surface area contributed by atoms with Crippen molar-refractivity contribution in [3.8, 4) is 78.5 Å². The summed E-state index contributed by atoms with van der Waals surface area (Å²) in [6.45, 7) is 0. The molecule has 0 amide bonds. The van der Waals surface area contributed by atoms with Crippen molar-refractivity contribution in [2.45, 2.75) is 0 Å². The number of thiophene rings is 1. The molecule has 0 fully saturated rings. The summed E-state index contributed by atoms with van der Waals surface area (Å²) >= 11 is 1.81. The van der Waals surface area contributed by atoms with Crippen molar-refractivity contribution in [2.24, 2.45) is 0 Å². The average molecular weight is 810 g/mol. The van der Waals surface area contributed by atoms with Crippen LogP contribution in [-0.4, -0.2) is 15.0 Å². The van der Waals surface area contributed by atoms with Gasteiger partial charge in [0.15, 0.2) is 11.4 Å². The van der Waals surface area contributed by atoms with Crippen LogP contribution in [0.5, 0.6) is 0 Å². The van der Waals surface area contributed by atoms with Crippen LogP contribution in [-0.2, 0) is 0 Å². The number of rotatable bonds is 7. The molecule has 0 unspecified atom stereocenters. The fourth-order valence-corrected chi connectivity index (χ4v) is 9.82. The lowest BCUT2D eigenvalue weighted by molar-refractivity contribution is 0.667. The van der Waals surface area contributed by atoms with E-state index >= 15 is 0 Å². The molecule has 0 bridgehead atoms. The molecule has 5 heteroatoms. The summed E-state index contributed by atoms with van der Waals surface area (Å²) in [5, 5.41) is 3.48. The maximum absolute atomic E-state index is 6.36. The molecular weight excluding hydrogens is 775 g/mol. The molecule has 12 rings (SSSR count). The van der Waals surface area contributed by atoms with E-state index in [0.717, 1.165) is 89.2 Å². The van der Waals surface area contributed by atoms with Crippen LogP contribution in [0.2, 0.25) is 0 Å². The van der Waals surface area contributed by atoms with Gasteiger partial charge in [0.1, 0.15) is 16.8 Å². The normalized spacial score (nSPS) is 11.5. The minimum atomic E-state index is 0.658. The number of furan rings is 1. The van der Waals surface area contributed by atoms with Gasteiger partial charge in [0, 0.05) is 43.1 Å². The van der Waals surface area contributed by atoms with Crippen LogP contribution in [0.1, 0.15) is 0 Å². The fourth-order valence-electron chi connectivity index (χ4n) is 8.63. The first-order valence-corrected chi connectivity index (χ1v) is 21.6. The van der Waals surface area contributed by atoms with Crippen molar-refractivity contribution in [1.82, 2.24) is 15.0 Å². The number of para-hydroxylation sites is 1. The summed E-state index contributed by atoms with van der Waals surface area (Å²) in [5.41, 5.74) is 16.0. The molecule has 290 valence electrons. The smallest absolute Gasteiger partial charge is 0.180 e. The Morgan fingerprint density at radius 1 is 0.339 bits per heavy atom. The average Bonchev–Trinajstić information content (AvgIpc) is 3.93. The molecular formula is C57H35N3OS. The molecule has 4 nitrogen and oxygen atoms in total. The van der Waals surface area contributed by atoms with Crippen molar-refractivity contribution in [3.05, 3.63) is 212 Å². The molecule has 8 aromatic carbocycles. The first kappa shape index (κ1) is 35.9. The molecule has 0 aliphatic carbocycles. The number of hydrogen-bond acceptors (Lipinski definition) is 5. The lowest BCUT2D eigenvalue weighted by Crippen LogP contribution is -1.94. The Hall–Kier alpha value is -7.99. The van der Waals surface area contributed by atoms with E-state index in [0.29, 0.717) is 11.4 Å². The Bertz CT molecular complexity index is 3650. The monoisotopic (exact) mass is 809 g/mol. The predicted octanol–water partition coefficient (Wildman–Crippen LogP) is 15.8. The molecule has 0 saturated heterocycles. The topological polar surface area (TPSA) is 51.8 Å². The maximum Gasteiger partial charge on any atom is 0.180 e. The Morgan fingerprint density at radius 3 is 1.50 bits per heavy atom. The van der Waals surface area contributed by atoms with Crippen LogP contribution in [0.25, 0.3) is 121 Å². The van der Waals surface area contributed by atoms with E-state index in [1.807, 2.05) is 47.7 Å². The molecule has 4 heterocycles. The standard InChI is InChI=1S/C57H35N3OS/c1-3-15-36(16-4-1)49-35-48-46-27-8-10-30-51(46)62-56(48)53(58-49)44-25-13-23-42(33-44)40-21-11-19-38(31-40)39-20-12-22-41(32-39)43-24-14-26-45(34-43)57-59-52(37-17-5-2-6-18-37)55-54(60-57)47-28-7-9-29-50(47)61-55/h1-35H. The highest BCUT2D eigenvalue weighted by molar-refractivity contribution is 7.26. The summed E-state index contributed by atoms with van der Waals surface area (Å²) in [4.78, 5) is 15.6. The van der Waals surface area contributed by atoms with E-state index in [9.17, 15) is 0 Å². The Kier molecular flexibility index (Phi) is 8.65. The number of hydrogen-bond donors (Lipinski definition) is 0. The third kappa shape index (κ3) is 6.35. The molecule has 0 aliphatic rings. The van der Waals surface area contributed by atoms with Gasteiger partial charge in [-0.15, -0.1) is 11.3 Å². The van der Waals surface area contributed by atoms with Crippen molar-refractivity contribution < 1.29 is 4.42 Å². The quantitative estimate of drug-likeness (QED) is 0.161. The van der Waals surface area contributed by atoms with Gasteiger partial charge in [0.2, 0.25) is 0 Å². The molecule has 0 aliphatic heterocycles. The predicted molar refractivity (Wildman–Crippen MR) is 258 cm³/mol. The van der Waals surface area contributed by atoms with E-state index in [1.165, 1.54) is 20.2 Å². The van der Waals surface area contributed by atoms with Crippen LogP contribution < -0.4 is 0 Å². The third-order valence-electron chi connectivity index (χ3n) is 11.7. The summed E-state index contributed by atoms with van der Waals surface area (Å²) < 4.78 is 8.83. The van der Waals surface area contributed by atoms with Crippen LogP contribution in [0.3, 0.4) is 0 Å². The summed E-state index contributed by atoms with van der Waals surface area (Å²) in [5.74, 6) is 0.658. The van der Waals surface area contributed by atoms with Crippen LogP contribution in [0.4, 0.5) is 0 Å². The number of nitrogens with zero attached hydrogens (tertiary/aromatic N) is 3. The maximum atomic E-state index is 6.36. The lowest BCUT2D eigenvalue weighted by Gasteiger charge is -2.11. The highest BCUT2D eigenvalue weighted by Crippen LogP contribution is 2.42. The van der Waals surface area contributed by atoms with Crippen LogP contribution in [0.15, 0.2) is 217 Å². The number of pyridine rings is 1. The second-order valence-corrected chi connectivity index (χ2v) is 16.6. The van der Waals surface area contributed by atoms with Crippen LogP contribution in [0, 0.1) is 0 Å². The van der Waals surface area contributed by atoms with Gasteiger partial charge in [0.05, 0.1) is 16.1 Å². The molecule has 12 aromatic rings. The first-order chi connectivity index (χ1) is 30.7. The zero-order valence-corrected chi connectivity index (χ0v) is 34.2. The van der Waals surface area contributed by atoms with E-state index in [4.69, 9.17) is 19.4 Å². The second-order valence-electron chi connectivity index (χ2n) is 15.6. The van der Waals surface area contributed by atoms with Crippen LogP contribution >= 0.6 is 11.3 Å². The summed E-state index contributed by atoms with van der Waals surface area (Å²) in [6, 6.07) is 74.6. The second kappa shape index (κ2) is 14.9. The fraction of sp³-hybridized carbons (Fsp3) is 0. The van der Waals surface area contributed by atoms with E-state index in [1.54, 1.807) is 0 Å². The van der Waals surface area contributed by atoms with Gasteiger partial charge in [-0.2, -0.15) is 0 Å². The van der Waals surface area contributed by atoms with Gasteiger partial charge in [-0.05, 0) is 81.9 Å². The SMILES string of the molecule is c1ccc(-c2cc3c(sc4ccccc43)c(-c3cccc(-c4cccc(-c5cccc(-c6cccc(-c7nc(-c8ccccc8)c8oc9ccccc9c8n7)c6)c5)c4)c3)n2)cc1. The van der Waals surface area contributed by atoms with E-state index in [2.05, 4.69) is 176 Å². The van der Waals surface area contributed by atoms with Gasteiger partial charge in [-0.3, -0.25) is 0 Å². The zero-order valence-electron chi connectivity index (χ0n) is 33.4. The Balaban J connectivity index is 0.904. The third-order valence-corrected chi connectivity index (χ3v) is 12.9. The lowest BCUT2D eigenvalue weighted by atomic mass is 9.95. The molecule has 0 N–H and O–H groups in total. The highest BCUT2D eigenvalue weighted by Gasteiger charge is 2.19. The zero-order chi connectivity index (χ0) is 41.0. The van der Waals surface area contributed by atoms with Crippen molar-refractivity contribution >= 4 is 53.6 Å². The van der Waals surface area contributed by atoms with E-state index in [-0.39, 0.29) is 0 Å². The Morgan fingerprint density at radius 2 is 0.839 bits per heavy atom. The first-order valence-electron chi connectivity index (χ1n) is 20.7. The largest absolute Gasteiger partial charge is 0.452 e. The molecule has 4 aromatic heterocycles. The van der Waals surface area contributed by atoms with Gasteiger partial charge < -0.3 is 4.42 Å². The number of benzene rings is 8. The van der Waals surface area contributed by atoms with Gasteiger partial charge in [-0.25, -0.2) is 15.0 Å². The summed E-state index contributed by atoms with van der Waals surface area (Å²) in [7, 11) is 0. The highest BCUT2D eigenvalue weighted by atomic mass is 32.1. The number of fused-ring (bicyclic) bond motifs is 6. The molecule has 0 radical (unpaired) electrons. The van der Waals surface area contributed by atoms with Gasteiger partial charge >= 0.3 is 0 Å². The number of aromatic nitrogens is 3. The van der Waals surface area contributed by atoms with Gasteiger partial charge in [0.25, 0.3) is 0 Å². The van der Waals surface area contributed by atoms with Crippen molar-refractivity contribution in [2.75, 3.05) is 0 Å². The van der Waals surface area contributed by atoms with Crippen molar-refractivity contribution in [3.63, 3.8) is 0 Å². The molecule has 0 atom stereocenters. The molecule has 0 saturated carbocycles.